The maximum absolute atomic E-state index is 12.6. The van der Waals surface area contributed by atoms with Gasteiger partial charge in [-0.15, -0.1) is 0 Å². The van der Waals surface area contributed by atoms with Crippen molar-refractivity contribution in [2.24, 2.45) is 0 Å². The van der Waals surface area contributed by atoms with Crippen LogP contribution in [0, 0.1) is 0 Å². The highest BCUT2D eigenvalue weighted by atomic mass is 16.5. The summed E-state index contributed by atoms with van der Waals surface area (Å²) in [6.45, 7) is 0.950. The number of H-pyrrole nitrogens is 2. The molecule has 0 amide bonds. The van der Waals surface area contributed by atoms with Crippen molar-refractivity contribution in [3.05, 3.63) is 144 Å². The minimum absolute atomic E-state index is 0.0664. The van der Waals surface area contributed by atoms with Crippen LogP contribution in [0.2, 0.25) is 0 Å². The summed E-state index contributed by atoms with van der Waals surface area (Å²) in [5.74, 6) is 1.26. The zero-order valence-corrected chi connectivity index (χ0v) is 23.5. The Kier molecular flexibility index (Phi) is 8.27. The normalized spacial score (nSPS) is 11.5. The number of ketones is 2. The van der Waals surface area contributed by atoms with E-state index in [1.165, 1.54) is 0 Å². The minimum atomic E-state index is -0.0664. The van der Waals surface area contributed by atoms with Crippen molar-refractivity contribution in [2.75, 3.05) is 13.2 Å². The molecule has 0 bridgehead atoms. The quantitative estimate of drug-likeness (QED) is 0.0887. The number of rotatable bonds is 12. The summed E-state index contributed by atoms with van der Waals surface area (Å²) in [5.41, 5.74) is 5.23. The van der Waals surface area contributed by atoms with Gasteiger partial charge in [0.05, 0.1) is 13.2 Å². The van der Waals surface area contributed by atoms with Crippen LogP contribution in [0.5, 0.6) is 11.5 Å². The zero-order chi connectivity index (χ0) is 29.4. The number of hydrogen-bond acceptors (Lipinski definition) is 4. The lowest BCUT2D eigenvalue weighted by Gasteiger charge is -2.09. The highest BCUT2D eigenvalue weighted by Gasteiger charge is 2.06. The van der Waals surface area contributed by atoms with E-state index in [1.807, 2.05) is 73.1 Å². The Bertz CT molecular complexity index is 1780. The van der Waals surface area contributed by atoms with Gasteiger partial charge in [-0.3, -0.25) is 9.59 Å². The number of aromatic nitrogens is 2. The molecule has 2 heterocycles. The van der Waals surface area contributed by atoms with Gasteiger partial charge >= 0.3 is 0 Å². The van der Waals surface area contributed by atoms with Crippen LogP contribution in [0.1, 0.15) is 38.3 Å². The second-order valence-corrected chi connectivity index (χ2v) is 10.1. The van der Waals surface area contributed by atoms with Gasteiger partial charge in [0.1, 0.15) is 11.5 Å². The van der Waals surface area contributed by atoms with Crippen LogP contribution in [0.3, 0.4) is 0 Å². The number of carbonyl (C=O) groups is 2. The Hall–Kier alpha value is -5.62. The van der Waals surface area contributed by atoms with Gasteiger partial charge < -0.3 is 19.4 Å². The molecule has 0 aliphatic carbocycles. The molecule has 0 aliphatic rings. The summed E-state index contributed by atoms with van der Waals surface area (Å²) >= 11 is 0. The first-order chi connectivity index (χ1) is 21.1. The molecule has 6 nitrogen and oxygen atoms in total. The fourth-order valence-electron chi connectivity index (χ4n) is 4.86. The lowest BCUT2D eigenvalue weighted by molar-refractivity contribution is 0.103. The molecule has 0 radical (unpaired) electrons. The third-order valence-corrected chi connectivity index (χ3v) is 7.17. The molecule has 43 heavy (non-hydrogen) atoms. The summed E-state index contributed by atoms with van der Waals surface area (Å²) in [6, 6.07) is 30.3. The van der Waals surface area contributed by atoms with E-state index in [4.69, 9.17) is 9.47 Å². The van der Waals surface area contributed by atoms with E-state index in [1.54, 1.807) is 60.7 Å². The molecule has 4 aromatic carbocycles. The first-order valence-corrected chi connectivity index (χ1v) is 14.2. The molecule has 6 heteroatoms. The molecule has 0 unspecified atom stereocenters. The van der Waals surface area contributed by atoms with Crippen molar-refractivity contribution < 1.29 is 19.1 Å². The lowest BCUT2D eigenvalue weighted by Crippen LogP contribution is -2.05. The van der Waals surface area contributed by atoms with Gasteiger partial charge in [0.2, 0.25) is 0 Å². The molecule has 2 N–H and O–H groups in total. The highest BCUT2D eigenvalue weighted by Crippen LogP contribution is 2.21. The van der Waals surface area contributed by atoms with Gasteiger partial charge in [-0.1, -0.05) is 36.4 Å². The topological polar surface area (TPSA) is 84.2 Å². The molecule has 0 spiro atoms. The molecular weight excluding hydrogens is 536 g/mol. The number of para-hydroxylation sites is 2. The number of carbonyl (C=O) groups excluding carboxylic acids is 2. The van der Waals surface area contributed by atoms with E-state index in [2.05, 4.69) is 9.97 Å². The van der Waals surface area contributed by atoms with Crippen LogP contribution >= 0.6 is 0 Å². The third-order valence-electron chi connectivity index (χ3n) is 7.17. The number of ether oxygens (including phenoxy) is 2. The van der Waals surface area contributed by atoms with E-state index in [0.29, 0.717) is 42.3 Å². The Labute approximate surface area is 249 Å². The number of allylic oxidation sites excluding steroid dienone is 2. The molecule has 0 saturated heterocycles. The van der Waals surface area contributed by atoms with E-state index >= 15 is 0 Å². The van der Waals surface area contributed by atoms with Gasteiger partial charge in [-0.2, -0.15) is 0 Å². The Morgan fingerprint density at radius 3 is 1.42 bits per heavy atom. The smallest absolute Gasteiger partial charge is 0.185 e. The fraction of sp³-hybridized carbons (Fsp3) is 0.0811. The SMILES string of the molecule is O=C(/C=C/c1c[nH]c2ccccc12)c1ccc(OCCCOc2ccc(C(=O)/C=C/c3c[nH]c4ccccc34)cc2)cc1. The molecule has 2 aromatic heterocycles. The molecule has 6 rings (SSSR count). The van der Waals surface area contributed by atoms with Gasteiger partial charge in [0.25, 0.3) is 0 Å². The Morgan fingerprint density at radius 1 is 0.558 bits per heavy atom. The number of hydrogen-bond donors (Lipinski definition) is 2. The first kappa shape index (κ1) is 27.5. The maximum atomic E-state index is 12.6. The van der Waals surface area contributed by atoms with Crippen LogP contribution in [-0.2, 0) is 0 Å². The van der Waals surface area contributed by atoms with E-state index in [9.17, 15) is 9.59 Å². The van der Waals surface area contributed by atoms with E-state index in [-0.39, 0.29) is 11.6 Å². The van der Waals surface area contributed by atoms with E-state index in [0.717, 1.165) is 32.9 Å². The third kappa shape index (κ3) is 6.66. The second kappa shape index (κ2) is 12.9. The molecule has 0 atom stereocenters. The van der Waals surface area contributed by atoms with Gasteiger partial charge in [-0.05, 0) is 96.1 Å². The number of aromatic amines is 2. The highest BCUT2D eigenvalue weighted by molar-refractivity contribution is 6.08. The summed E-state index contributed by atoms with van der Waals surface area (Å²) in [6.07, 6.45) is 11.3. The minimum Gasteiger partial charge on any atom is -0.493 e. The van der Waals surface area contributed by atoms with Crippen LogP contribution < -0.4 is 9.47 Å². The van der Waals surface area contributed by atoms with Gasteiger partial charge in [0.15, 0.2) is 11.6 Å². The van der Waals surface area contributed by atoms with Crippen LogP contribution in [0.4, 0.5) is 0 Å². The molecule has 0 fully saturated rings. The van der Waals surface area contributed by atoms with Crippen LogP contribution in [-0.4, -0.2) is 34.7 Å². The molecule has 0 aliphatic heterocycles. The van der Waals surface area contributed by atoms with Gasteiger partial charge in [0, 0.05) is 51.7 Å². The predicted octanol–water partition coefficient (Wildman–Crippen LogP) is 8.29. The Morgan fingerprint density at radius 2 is 0.977 bits per heavy atom. The predicted molar refractivity (Wildman–Crippen MR) is 172 cm³/mol. The fourth-order valence-corrected chi connectivity index (χ4v) is 4.86. The Balaban J connectivity index is 0.926. The van der Waals surface area contributed by atoms with Crippen molar-refractivity contribution in [3.8, 4) is 11.5 Å². The lowest BCUT2D eigenvalue weighted by atomic mass is 10.1. The van der Waals surface area contributed by atoms with Crippen molar-refractivity contribution in [1.29, 1.82) is 0 Å². The number of benzene rings is 4. The number of fused-ring (bicyclic) bond motifs is 2. The zero-order valence-electron chi connectivity index (χ0n) is 23.5. The largest absolute Gasteiger partial charge is 0.493 e. The van der Waals surface area contributed by atoms with Crippen molar-refractivity contribution in [1.82, 2.24) is 9.97 Å². The summed E-state index contributed by atoms with van der Waals surface area (Å²) in [7, 11) is 0. The van der Waals surface area contributed by atoms with Crippen LogP contribution in [0.25, 0.3) is 34.0 Å². The summed E-state index contributed by atoms with van der Waals surface area (Å²) in [4.78, 5) is 31.7. The van der Waals surface area contributed by atoms with Gasteiger partial charge in [-0.25, -0.2) is 0 Å². The second-order valence-electron chi connectivity index (χ2n) is 10.1. The average molecular weight is 567 g/mol. The van der Waals surface area contributed by atoms with Crippen molar-refractivity contribution in [2.45, 2.75) is 6.42 Å². The molecular formula is C37H30N2O4. The maximum Gasteiger partial charge on any atom is 0.185 e. The summed E-state index contributed by atoms with van der Waals surface area (Å²) in [5, 5.41) is 2.16. The standard InChI is InChI=1S/C37H30N2O4/c40-36(20-14-28-24-38-34-8-3-1-6-32(28)34)26-10-16-30(17-11-26)42-22-5-23-43-31-18-12-27(13-19-31)37(41)21-15-29-25-39-35-9-4-2-7-33(29)35/h1-4,6-21,24-25,38-39H,5,22-23H2/b20-14+,21-15+. The molecule has 212 valence electrons. The first-order valence-electron chi connectivity index (χ1n) is 14.2. The molecule has 6 aromatic rings. The van der Waals surface area contributed by atoms with E-state index < -0.39 is 0 Å². The van der Waals surface area contributed by atoms with Crippen LogP contribution in [0.15, 0.2) is 122 Å². The molecule has 0 saturated carbocycles. The van der Waals surface area contributed by atoms with Crippen molar-refractivity contribution >= 4 is 45.5 Å². The number of nitrogens with one attached hydrogen (secondary N) is 2. The van der Waals surface area contributed by atoms with Crippen molar-refractivity contribution in [3.63, 3.8) is 0 Å². The summed E-state index contributed by atoms with van der Waals surface area (Å²) < 4.78 is 11.6. The average Bonchev–Trinajstić information content (AvgIpc) is 3.67. The monoisotopic (exact) mass is 566 g/mol.